The second-order valence-corrected chi connectivity index (χ2v) is 4.54. The lowest BCUT2D eigenvalue weighted by Crippen LogP contribution is -2.00. The van der Waals surface area contributed by atoms with Gasteiger partial charge in [0.2, 0.25) is 0 Å². The topological polar surface area (TPSA) is 17.8 Å². The Kier molecular flexibility index (Phi) is 2.63. The van der Waals surface area contributed by atoms with Crippen molar-refractivity contribution in [2.45, 2.75) is 20.3 Å². The Hall–Kier alpha value is -2.09. The second kappa shape index (κ2) is 4.30. The molecule has 0 atom stereocenters. The van der Waals surface area contributed by atoms with Crippen LogP contribution in [0.2, 0.25) is 0 Å². The summed E-state index contributed by atoms with van der Waals surface area (Å²) < 4.78 is 2.25. The van der Waals surface area contributed by atoms with Gasteiger partial charge >= 0.3 is 0 Å². The van der Waals surface area contributed by atoms with Crippen molar-refractivity contribution in [1.29, 1.82) is 0 Å². The Morgan fingerprint density at radius 2 is 1.89 bits per heavy atom. The van der Waals surface area contributed by atoms with E-state index in [-0.39, 0.29) is 0 Å². The summed E-state index contributed by atoms with van der Waals surface area (Å²) in [6, 6.07) is 16.9. The van der Waals surface area contributed by atoms with Crippen LogP contribution in [0.5, 0.6) is 0 Å². The number of fused-ring (bicyclic) bond motifs is 1. The van der Waals surface area contributed by atoms with Crippen LogP contribution in [0.25, 0.3) is 16.7 Å². The first-order valence-electron chi connectivity index (χ1n) is 6.33. The first kappa shape index (κ1) is 11.0. The summed E-state index contributed by atoms with van der Waals surface area (Å²) in [5, 5.41) is 0. The van der Waals surface area contributed by atoms with Crippen LogP contribution >= 0.6 is 0 Å². The Balaban J connectivity index is 2.33. The zero-order valence-electron chi connectivity index (χ0n) is 10.7. The van der Waals surface area contributed by atoms with Crippen molar-refractivity contribution >= 4 is 11.0 Å². The lowest BCUT2D eigenvalue weighted by atomic mass is 10.2. The average molecular weight is 236 g/mol. The first-order valence-corrected chi connectivity index (χ1v) is 6.33. The van der Waals surface area contributed by atoms with Crippen LogP contribution < -0.4 is 0 Å². The molecule has 0 unspecified atom stereocenters. The first-order chi connectivity index (χ1) is 8.79. The molecule has 0 fully saturated rings. The highest BCUT2D eigenvalue weighted by Gasteiger charge is 2.10. The largest absolute Gasteiger partial charge is 0.296 e. The molecule has 2 heteroatoms. The summed E-state index contributed by atoms with van der Waals surface area (Å²) in [5.74, 6) is 1.11. The SMILES string of the molecule is CCc1nc2ccccc2n1-c1cccc(C)c1. The third-order valence-corrected chi connectivity index (χ3v) is 3.21. The molecule has 18 heavy (non-hydrogen) atoms. The summed E-state index contributed by atoms with van der Waals surface area (Å²) in [7, 11) is 0. The maximum absolute atomic E-state index is 4.70. The van der Waals surface area contributed by atoms with Gasteiger partial charge in [-0.2, -0.15) is 0 Å². The fourth-order valence-electron chi connectivity index (χ4n) is 2.37. The van der Waals surface area contributed by atoms with E-state index >= 15 is 0 Å². The van der Waals surface area contributed by atoms with E-state index in [1.165, 1.54) is 16.8 Å². The number of aryl methyl sites for hydroxylation is 2. The van der Waals surface area contributed by atoms with Crippen molar-refractivity contribution < 1.29 is 0 Å². The highest BCUT2D eigenvalue weighted by molar-refractivity contribution is 5.78. The maximum atomic E-state index is 4.70. The summed E-state index contributed by atoms with van der Waals surface area (Å²) >= 11 is 0. The van der Waals surface area contributed by atoms with Gasteiger partial charge in [0.15, 0.2) is 0 Å². The molecule has 90 valence electrons. The van der Waals surface area contributed by atoms with E-state index in [1.807, 2.05) is 6.07 Å². The highest BCUT2D eigenvalue weighted by Crippen LogP contribution is 2.22. The van der Waals surface area contributed by atoms with E-state index in [0.29, 0.717) is 0 Å². The fourth-order valence-corrected chi connectivity index (χ4v) is 2.37. The van der Waals surface area contributed by atoms with Crippen molar-refractivity contribution in [2.75, 3.05) is 0 Å². The van der Waals surface area contributed by atoms with Crippen molar-refractivity contribution in [1.82, 2.24) is 9.55 Å². The molecule has 3 aromatic rings. The molecule has 0 spiro atoms. The smallest absolute Gasteiger partial charge is 0.114 e. The molecule has 0 aliphatic carbocycles. The van der Waals surface area contributed by atoms with Crippen LogP contribution in [-0.4, -0.2) is 9.55 Å². The number of benzene rings is 2. The molecule has 0 radical (unpaired) electrons. The van der Waals surface area contributed by atoms with Gasteiger partial charge in [0, 0.05) is 12.1 Å². The summed E-state index contributed by atoms with van der Waals surface area (Å²) in [6.45, 7) is 4.27. The molecule has 2 nitrogen and oxygen atoms in total. The van der Waals surface area contributed by atoms with Crippen LogP contribution in [0.15, 0.2) is 48.5 Å². The Bertz CT molecular complexity index is 695. The van der Waals surface area contributed by atoms with Crippen molar-refractivity contribution in [2.24, 2.45) is 0 Å². The van der Waals surface area contributed by atoms with Crippen LogP contribution in [0.4, 0.5) is 0 Å². The monoisotopic (exact) mass is 236 g/mol. The van der Waals surface area contributed by atoms with E-state index in [9.17, 15) is 0 Å². The van der Waals surface area contributed by atoms with Crippen LogP contribution in [-0.2, 0) is 6.42 Å². The fraction of sp³-hybridized carbons (Fsp3) is 0.188. The van der Waals surface area contributed by atoms with Gasteiger partial charge in [-0.15, -0.1) is 0 Å². The summed E-state index contributed by atoms with van der Waals surface area (Å²) in [6.07, 6.45) is 0.933. The molecule has 0 saturated heterocycles. The van der Waals surface area contributed by atoms with E-state index in [0.717, 1.165) is 17.8 Å². The molecule has 1 heterocycles. The van der Waals surface area contributed by atoms with Gasteiger partial charge in [0.25, 0.3) is 0 Å². The van der Waals surface area contributed by atoms with Crippen LogP contribution in [0, 0.1) is 6.92 Å². The number of nitrogens with zero attached hydrogens (tertiary/aromatic N) is 2. The average Bonchev–Trinajstić information content (AvgIpc) is 2.77. The number of hydrogen-bond donors (Lipinski definition) is 0. The normalized spacial score (nSPS) is 11.0. The second-order valence-electron chi connectivity index (χ2n) is 4.54. The lowest BCUT2D eigenvalue weighted by molar-refractivity contribution is 0.907. The molecule has 0 aliphatic heterocycles. The molecule has 2 aromatic carbocycles. The summed E-state index contributed by atoms with van der Waals surface area (Å²) in [5.41, 5.74) is 4.71. The highest BCUT2D eigenvalue weighted by atomic mass is 15.1. The van der Waals surface area contributed by atoms with E-state index in [1.54, 1.807) is 0 Å². The maximum Gasteiger partial charge on any atom is 0.114 e. The molecule has 3 rings (SSSR count). The van der Waals surface area contributed by atoms with E-state index < -0.39 is 0 Å². The van der Waals surface area contributed by atoms with Gasteiger partial charge in [-0.3, -0.25) is 4.57 Å². The third-order valence-electron chi connectivity index (χ3n) is 3.21. The third kappa shape index (κ3) is 1.70. The van der Waals surface area contributed by atoms with Crippen molar-refractivity contribution in [3.63, 3.8) is 0 Å². The van der Waals surface area contributed by atoms with Crippen molar-refractivity contribution in [3.05, 3.63) is 59.9 Å². The van der Waals surface area contributed by atoms with Crippen LogP contribution in [0.3, 0.4) is 0 Å². The lowest BCUT2D eigenvalue weighted by Gasteiger charge is -2.08. The molecule has 0 amide bonds. The number of aromatic nitrogens is 2. The van der Waals surface area contributed by atoms with Gasteiger partial charge in [0.05, 0.1) is 11.0 Å². The molecule has 0 bridgehead atoms. The molecule has 0 aliphatic rings. The number of imidazole rings is 1. The number of rotatable bonds is 2. The van der Waals surface area contributed by atoms with Gasteiger partial charge in [0.1, 0.15) is 5.82 Å². The molecular formula is C16H16N2. The molecule has 0 N–H and O–H groups in total. The molecular weight excluding hydrogens is 220 g/mol. The van der Waals surface area contributed by atoms with Gasteiger partial charge in [-0.05, 0) is 36.8 Å². The predicted octanol–water partition coefficient (Wildman–Crippen LogP) is 3.90. The van der Waals surface area contributed by atoms with E-state index in [2.05, 4.69) is 60.9 Å². The minimum absolute atomic E-state index is 0.933. The predicted molar refractivity (Wildman–Crippen MR) is 75.2 cm³/mol. The van der Waals surface area contributed by atoms with Gasteiger partial charge < -0.3 is 0 Å². The zero-order valence-corrected chi connectivity index (χ0v) is 10.7. The van der Waals surface area contributed by atoms with Gasteiger partial charge in [-0.25, -0.2) is 4.98 Å². The van der Waals surface area contributed by atoms with Crippen molar-refractivity contribution in [3.8, 4) is 5.69 Å². The zero-order chi connectivity index (χ0) is 12.5. The molecule has 1 aromatic heterocycles. The van der Waals surface area contributed by atoms with E-state index in [4.69, 9.17) is 4.98 Å². The minimum Gasteiger partial charge on any atom is -0.296 e. The Morgan fingerprint density at radius 3 is 2.67 bits per heavy atom. The Morgan fingerprint density at radius 1 is 1.06 bits per heavy atom. The standard InChI is InChI=1S/C16H16N2/c1-3-16-17-14-9-4-5-10-15(14)18(16)13-8-6-7-12(2)11-13/h4-11H,3H2,1-2H3. The molecule has 0 saturated carbocycles. The Labute approximate surface area is 107 Å². The van der Waals surface area contributed by atoms with Crippen LogP contribution in [0.1, 0.15) is 18.3 Å². The quantitative estimate of drug-likeness (QED) is 0.660. The minimum atomic E-state index is 0.933. The summed E-state index contributed by atoms with van der Waals surface area (Å²) in [4.78, 5) is 4.70. The number of para-hydroxylation sites is 2. The van der Waals surface area contributed by atoms with Gasteiger partial charge in [-0.1, -0.05) is 31.2 Å². The number of hydrogen-bond acceptors (Lipinski definition) is 1.